The number of rotatable bonds is 8. The molecule has 5 nitrogen and oxygen atoms in total. The number of carbonyl (C=O) groups is 1. The number of ether oxygens (including phenoxy) is 3. The summed E-state index contributed by atoms with van der Waals surface area (Å²) in [4.78, 5) is 12.1. The molecule has 0 radical (unpaired) electrons. The second-order valence-electron chi connectivity index (χ2n) is 5.82. The summed E-state index contributed by atoms with van der Waals surface area (Å²) in [6, 6.07) is 13.2. The summed E-state index contributed by atoms with van der Waals surface area (Å²) in [6.07, 6.45) is 0.297. The smallest absolute Gasteiger partial charge is 0.223 e. The van der Waals surface area contributed by atoms with Crippen LogP contribution in [0.3, 0.4) is 0 Å². The summed E-state index contributed by atoms with van der Waals surface area (Å²) >= 11 is 0. The molecule has 25 heavy (non-hydrogen) atoms. The quantitative estimate of drug-likeness (QED) is 0.795. The summed E-state index contributed by atoms with van der Waals surface area (Å²) < 4.78 is 16.1. The van der Waals surface area contributed by atoms with E-state index in [1.165, 1.54) is 5.56 Å². The molecule has 5 heteroatoms. The summed E-state index contributed by atoms with van der Waals surface area (Å²) in [5.74, 6) is 2.01. The van der Waals surface area contributed by atoms with Gasteiger partial charge in [-0.05, 0) is 43.7 Å². The molecule has 0 bridgehead atoms. The van der Waals surface area contributed by atoms with Crippen molar-refractivity contribution in [2.75, 3.05) is 20.8 Å². The molecule has 0 saturated heterocycles. The van der Waals surface area contributed by atoms with Gasteiger partial charge in [0, 0.05) is 0 Å². The van der Waals surface area contributed by atoms with Crippen molar-refractivity contribution in [3.8, 4) is 17.2 Å². The van der Waals surface area contributed by atoms with Crippen molar-refractivity contribution in [3.63, 3.8) is 0 Å². The van der Waals surface area contributed by atoms with Gasteiger partial charge in [0.25, 0.3) is 0 Å². The van der Waals surface area contributed by atoms with E-state index in [-0.39, 0.29) is 11.9 Å². The Bertz CT molecular complexity index is 697. The zero-order valence-electron chi connectivity index (χ0n) is 15.2. The molecule has 2 rings (SSSR count). The fourth-order valence-corrected chi connectivity index (χ4v) is 2.42. The Morgan fingerprint density at radius 2 is 1.72 bits per heavy atom. The van der Waals surface area contributed by atoms with E-state index < -0.39 is 0 Å². The Hall–Kier alpha value is -2.69. The molecule has 0 spiro atoms. The van der Waals surface area contributed by atoms with Gasteiger partial charge in [-0.3, -0.25) is 4.79 Å². The average molecular weight is 343 g/mol. The molecular formula is C20H25NO4. The van der Waals surface area contributed by atoms with E-state index in [1.807, 2.05) is 56.3 Å². The minimum atomic E-state index is -0.133. The standard InChI is InChI=1S/C20H25NO4/c1-14-5-8-17(9-6-14)25-12-11-20(22)21-15(2)16-7-10-18(23-3)19(13-16)24-4/h5-10,13,15H,11-12H2,1-4H3,(H,21,22). The van der Waals surface area contributed by atoms with Gasteiger partial charge in [-0.25, -0.2) is 0 Å². The minimum absolute atomic E-state index is 0.0607. The van der Waals surface area contributed by atoms with Crippen LogP contribution in [0.5, 0.6) is 17.2 Å². The molecule has 2 aromatic rings. The number of aryl methyl sites for hydroxylation is 1. The predicted octanol–water partition coefficient (Wildman–Crippen LogP) is 3.66. The number of amides is 1. The third-order valence-corrected chi connectivity index (χ3v) is 3.90. The van der Waals surface area contributed by atoms with Crippen LogP contribution in [0.2, 0.25) is 0 Å². The highest BCUT2D eigenvalue weighted by molar-refractivity contribution is 5.76. The van der Waals surface area contributed by atoms with Gasteiger partial charge in [0.1, 0.15) is 5.75 Å². The zero-order chi connectivity index (χ0) is 18.2. The van der Waals surface area contributed by atoms with Crippen LogP contribution in [0.4, 0.5) is 0 Å². The largest absolute Gasteiger partial charge is 0.493 e. The van der Waals surface area contributed by atoms with Crippen molar-refractivity contribution in [1.29, 1.82) is 0 Å². The van der Waals surface area contributed by atoms with Gasteiger partial charge in [-0.1, -0.05) is 23.8 Å². The SMILES string of the molecule is COc1ccc(C(C)NC(=O)CCOc2ccc(C)cc2)cc1OC. The van der Waals surface area contributed by atoms with Crippen LogP contribution in [0.1, 0.15) is 30.5 Å². The van der Waals surface area contributed by atoms with Gasteiger partial charge in [-0.2, -0.15) is 0 Å². The van der Waals surface area contributed by atoms with Crippen LogP contribution in [0.25, 0.3) is 0 Å². The summed E-state index contributed by atoms with van der Waals surface area (Å²) in [7, 11) is 3.18. The van der Waals surface area contributed by atoms with Gasteiger partial charge >= 0.3 is 0 Å². The summed E-state index contributed by atoms with van der Waals surface area (Å²) in [5, 5.41) is 2.97. The third kappa shape index (κ3) is 5.41. The molecule has 0 fully saturated rings. The van der Waals surface area contributed by atoms with Gasteiger partial charge in [0.2, 0.25) is 5.91 Å². The van der Waals surface area contributed by atoms with E-state index in [0.29, 0.717) is 24.5 Å². The van der Waals surface area contributed by atoms with Crippen molar-refractivity contribution < 1.29 is 19.0 Å². The second-order valence-corrected chi connectivity index (χ2v) is 5.82. The van der Waals surface area contributed by atoms with Crippen LogP contribution in [-0.2, 0) is 4.79 Å². The first kappa shape index (κ1) is 18.6. The Balaban J connectivity index is 1.84. The molecule has 0 saturated carbocycles. The molecule has 1 atom stereocenters. The van der Waals surface area contributed by atoms with Crippen molar-refractivity contribution in [3.05, 3.63) is 53.6 Å². The Morgan fingerprint density at radius 1 is 1.04 bits per heavy atom. The van der Waals surface area contributed by atoms with Crippen LogP contribution < -0.4 is 19.5 Å². The van der Waals surface area contributed by atoms with Crippen molar-refractivity contribution in [2.24, 2.45) is 0 Å². The maximum atomic E-state index is 12.1. The molecule has 1 unspecified atom stereocenters. The van der Waals surface area contributed by atoms with Crippen LogP contribution in [0.15, 0.2) is 42.5 Å². The number of hydrogen-bond acceptors (Lipinski definition) is 4. The van der Waals surface area contributed by atoms with Crippen LogP contribution in [0, 0.1) is 6.92 Å². The topological polar surface area (TPSA) is 56.8 Å². The molecule has 0 aliphatic rings. The minimum Gasteiger partial charge on any atom is -0.493 e. The number of nitrogens with one attached hydrogen (secondary N) is 1. The molecule has 2 aromatic carbocycles. The first-order valence-corrected chi connectivity index (χ1v) is 8.24. The Morgan fingerprint density at radius 3 is 2.36 bits per heavy atom. The molecule has 0 aliphatic carbocycles. The van der Waals surface area contributed by atoms with Crippen molar-refractivity contribution >= 4 is 5.91 Å². The lowest BCUT2D eigenvalue weighted by Crippen LogP contribution is -2.27. The van der Waals surface area contributed by atoms with E-state index in [1.54, 1.807) is 14.2 Å². The van der Waals surface area contributed by atoms with Crippen LogP contribution >= 0.6 is 0 Å². The first-order chi connectivity index (χ1) is 12.0. The van der Waals surface area contributed by atoms with E-state index in [0.717, 1.165) is 11.3 Å². The van der Waals surface area contributed by atoms with E-state index in [4.69, 9.17) is 14.2 Å². The number of hydrogen-bond donors (Lipinski definition) is 1. The fourth-order valence-electron chi connectivity index (χ4n) is 2.42. The van der Waals surface area contributed by atoms with E-state index in [2.05, 4.69) is 5.32 Å². The summed E-state index contributed by atoms with van der Waals surface area (Å²) in [5.41, 5.74) is 2.12. The number of carbonyl (C=O) groups excluding carboxylic acids is 1. The van der Waals surface area contributed by atoms with Crippen molar-refractivity contribution in [2.45, 2.75) is 26.3 Å². The van der Waals surface area contributed by atoms with Gasteiger partial charge in [0.15, 0.2) is 11.5 Å². The highest BCUT2D eigenvalue weighted by Gasteiger charge is 2.12. The molecule has 0 aromatic heterocycles. The normalized spacial score (nSPS) is 11.5. The van der Waals surface area contributed by atoms with Gasteiger partial charge in [-0.15, -0.1) is 0 Å². The summed E-state index contributed by atoms with van der Waals surface area (Å²) in [6.45, 7) is 4.29. The molecular weight excluding hydrogens is 318 g/mol. The van der Waals surface area contributed by atoms with Crippen molar-refractivity contribution in [1.82, 2.24) is 5.32 Å². The fraction of sp³-hybridized carbons (Fsp3) is 0.350. The lowest BCUT2D eigenvalue weighted by molar-refractivity contribution is -0.122. The maximum Gasteiger partial charge on any atom is 0.223 e. The second kappa shape index (κ2) is 8.97. The molecule has 1 N–H and O–H groups in total. The molecule has 134 valence electrons. The monoisotopic (exact) mass is 343 g/mol. The van der Waals surface area contributed by atoms with Crippen LogP contribution in [-0.4, -0.2) is 26.7 Å². The number of benzene rings is 2. The Kier molecular flexibility index (Phi) is 6.69. The average Bonchev–Trinajstić information content (AvgIpc) is 2.62. The third-order valence-electron chi connectivity index (χ3n) is 3.90. The molecule has 1 amide bonds. The van der Waals surface area contributed by atoms with E-state index in [9.17, 15) is 4.79 Å². The van der Waals surface area contributed by atoms with Gasteiger partial charge in [0.05, 0.1) is 33.3 Å². The lowest BCUT2D eigenvalue weighted by atomic mass is 10.1. The zero-order valence-corrected chi connectivity index (χ0v) is 15.2. The highest BCUT2D eigenvalue weighted by atomic mass is 16.5. The molecule has 0 aliphatic heterocycles. The Labute approximate surface area is 148 Å². The number of methoxy groups -OCH3 is 2. The maximum absolute atomic E-state index is 12.1. The first-order valence-electron chi connectivity index (χ1n) is 8.24. The van der Waals surface area contributed by atoms with E-state index >= 15 is 0 Å². The van der Waals surface area contributed by atoms with Gasteiger partial charge < -0.3 is 19.5 Å². The lowest BCUT2D eigenvalue weighted by Gasteiger charge is -2.16. The highest BCUT2D eigenvalue weighted by Crippen LogP contribution is 2.29. The molecule has 0 heterocycles. The predicted molar refractivity (Wildman–Crippen MR) is 97.4 cm³/mol.